The van der Waals surface area contributed by atoms with Crippen LogP contribution in [0, 0.1) is 0 Å². The van der Waals surface area contributed by atoms with Crippen LogP contribution in [0.4, 0.5) is 0 Å². The Labute approximate surface area is 113 Å². The third-order valence-corrected chi connectivity index (χ3v) is 2.95. The summed E-state index contributed by atoms with van der Waals surface area (Å²) in [6.07, 6.45) is 0.234. The molecule has 0 saturated carbocycles. The van der Waals surface area contributed by atoms with Crippen molar-refractivity contribution in [3.8, 4) is 0 Å². The molecule has 0 N–H and O–H groups in total. The van der Waals surface area contributed by atoms with Gasteiger partial charge in [0.1, 0.15) is 0 Å². The van der Waals surface area contributed by atoms with Crippen LogP contribution in [0.2, 0.25) is 0 Å². The summed E-state index contributed by atoms with van der Waals surface area (Å²) in [5.74, 6) is 0. The van der Waals surface area contributed by atoms with E-state index in [1.54, 1.807) is 0 Å². The molecular weight excluding hydrogens is 239 g/mol. The van der Waals surface area contributed by atoms with Gasteiger partial charge in [-0.25, -0.2) is 0 Å². The first-order chi connectivity index (χ1) is 8.27. The number of ether oxygens (including phenoxy) is 1. The van der Waals surface area contributed by atoms with Crippen molar-refractivity contribution in [1.29, 1.82) is 0 Å². The molecule has 0 aromatic heterocycles. The molecule has 3 atom stereocenters. The van der Waals surface area contributed by atoms with Gasteiger partial charge in [-0.15, -0.1) is 0 Å². The third kappa shape index (κ3) is 3.94. The monoisotopic (exact) mass is 260 g/mol. The summed E-state index contributed by atoms with van der Waals surface area (Å²) >= 11 is 0. The highest BCUT2D eigenvalue weighted by Crippen LogP contribution is 2.25. The second-order valence-corrected chi connectivity index (χ2v) is 4.24. The van der Waals surface area contributed by atoms with E-state index in [1.165, 1.54) is 11.1 Å². The number of hydrogen-bond donors (Lipinski definition) is 0. The maximum absolute atomic E-state index is 6.02. The summed E-state index contributed by atoms with van der Waals surface area (Å²) in [7, 11) is 0. The van der Waals surface area contributed by atoms with E-state index in [4.69, 9.17) is 4.74 Å². The van der Waals surface area contributed by atoms with Crippen molar-refractivity contribution in [2.24, 2.45) is 0 Å². The number of rotatable bonds is 4. The van der Waals surface area contributed by atoms with Crippen LogP contribution in [-0.2, 0) is 4.74 Å². The van der Waals surface area contributed by atoms with Crippen LogP contribution in [0.25, 0.3) is 0 Å². The zero-order valence-electron chi connectivity index (χ0n) is 11.0. The zero-order valence-corrected chi connectivity index (χ0v) is 12.5. The lowest BCUT2D eigenvalue weighted by molar-refractivity contribution is 0.00586. The predicted molar refractivity (Wildman–Crippen MR) is 81.9 cm³/mol. The molecule has 0 saturated heterocycles. The number of hydrogen-bond acceptors (Lipinski definition) is 1. The zero-order chi connectivity index (χ0) is 12.1. The van der Waals surface area contributed by atoms with Gasteiger partial charge in [-0.05, 0) is 25.0 Å². The molecule has 0 amide bonds. The molecule has 0 bridgehead atoms. The van der Waals surface area contributed by atoms with Gasteiger partial charge in [0, 0.05) is 0 Å². The molecule has 2 rings (SSSR count). The lowest BCUT2D eigenvalue weighted by Crippen LogP contribution is -2.04. The first kappa shape index (κ1) is 14.9. The Kier molecular flexibility index (Phi) is 6.04. The van der Waals surface area contributed by atoms with Crippen LogP contribution < -0.4 is 0 Å². The van der Waals surface area contributed by atoms with Gasteiger partial charge < -0.3 is 4.74 Å². The molecule has 0 aliphatic carbocycles. The van der Waals surface area contributed by atoms with E-state index in [1.807, 2.05) is 36.4 Å². The minimum atomic E-state index is 0. The quantitative estimate of drug-likeness (QED) is 0.731. The molecule has 0 aliphatic heterocycles. The van der Waals surface area contributed by atoms with Crippen LogP contribution in [0.1, 0.15) is 37.2 Å². The van der Waals surface area contributed by atoms with Crippen molar-refractivity contribution in [3.05, 3.63) is 71.8 Å². The smallest absolute Gasteiger partial charge is 0.0805 e. The molecule has 0 aliphatic rings. The molecule has 18 heavy (non-hydrogen) atoms. The minimum absolute atomic E-state index is 0. The van der Waals surface area contributed by atoms with Gasteiger partial charge in [-0.1, -0.05) is 60.7 Å². The molecule has 1 nitrogen and oxygen atoms in total. The van der Waals surface area contributed by atoms with Crippen LogP contribution in [-0.4, -0.2) is 0 Å². The standard InChI is InChI=1S/C16H18O.H3P/c1-13(15-9-5-3-6-10-15)17-14(2)16-11-7-4-8-12-16;/h3-14H,1-2H3;1H3. The van der Waals surface area contributed by atoms with Crippen molar-refractivity contribution in [2.75, 3.05) is 0 Å². The van der Waals surface area contributed by atoms with Gasteiger partial charge in [0.15, 0.2) is 0 Å². The molecule has 2 heteroatoms. The summed E-state index contributed by atoms with van der Waals surface area (Å²) in [6, 6.07) is 20.6. The van der Waals surface area contributed by atoms with Gasteiger partial charge in [0.2, 0.25) is 0 Å². The lowest BCUT2D eigenvalue weighted by Gasteiger charge is -2.19. The first-order valence-corrected chi connectivity index (χ1v) is 6.02. The summed E-state index contributed by atoms with van der Waals surface area (Å²) in [6.45, 7) is 4.18. The van der Waals surface area contributed by atoms with E-state index in [0.29, 0.717) is 0 Å². The highest BCUT2D eigenvalue weighted by atomic mass is 31.0. The van der Waals surface area contributed by atoms with Gasteiger partial charge in [-0.3, -0.25) is 0 Å². The molecule has 0 fully saturated rings. The highest BCUT2D eigenvalue weighted by molar-refractivity contribution is 6.92. The fourth-order valence-corrected chi connectivity index (χ4v) is 1.91. The van der Waals surface area contributed by atoms with Gasteiger partial charge >= 0.3 is 0 Å². The Balaban J connectivity index is 0.00000162. The molecule has 3 unspecified atom stereocenters. The van der Waals surface area contributed by atoms with Crippen molar-refractivity contribution in [3.63, 3.8) is 0 Å². The third-order valence-electron chi connectivity index (χ3n) is 2.95. The molecule has 0 spiro atoms. The Hall–Kier alpha value is -1.17. The predicted octanol–water partition coefficient (Wildman–Crippen LogP) is 4.58. The van der Waals surface area contributed by atoms with E-state index in [9.17, 15) is 0 Å². The molecular formula is C16H21OP. The fourth-order valence-electron chi connectivity index (χ4n) is 1.91. The van der Waals surface area contributed by atoms with Crippen molar-refractivity contribution >= 4 is 9.90 Å². The Morgan fingerprint density at radius 2 is 1.00 bits per heavy atom. The number of benzene rings is 2. The minimum Gasteiger partial charge on any atom is -0.366 e. The van der Waals surface area contributed by atoms with E-state index in [-0.39, 0.29) is 22.1 Å². The SMILES string of the molecule is CC(OC(C)c1ccccc1)c1ccccc1.P. The van der Waals surface area contributed by atoms with Gasteiger partial charge in [-0.2, -0.15) is 9.90 Å². The molecule has 96 valence electrons. The Morgan fingerprint density at radius 3 is 1.33 bits per heavy atom. The molecule has 2 aromatic carbocycles. The average molecular weight is 260 g/mol. The summed E-state index contributed by atoms with van der Waals surface area (Å²) in [5.41, 5.74) is 2.44. The highest BCUT2D eigenvalue weighted by Gasteiger charge is 2.11. The van der Waals surface area contributed by atoms with Crippen molar-refractivity contribution < 1.29 is 4.74 Å². The summed E-state index contributed by atoms with van der Waals surface area (Å²) in [5, 5.41) is 0. The average Bonchev–Trinajstić information content (AvgIpc) is 2.40. The van der Waals surface area contributed by atoms with Crippen LogP contribution >= 0.6 is 9.90 Å². The van der Waals surface area contributed by atoms with E-state index >= 15 is 0 Å². The molecule has 0 radical (unpaired) electrons. The van der Waals surface area contributed by atoms with Gasteiger partial charge in [0.05, 0.1) is 12.2 Å². The van der Waals surface area contributed by atoms with E-state index in [0.717, 1.165) is 0 Å². The maximum Gasteiger partial charge on any atom is 0.0805 e. The first-order valence-electron chi connectivity index (χ1n) is 6.02. The van der Waals surface area contributed by atoms with Gasteiger partial charge in [0.25, 0.3) is 0 Å². The maximum atomic E-state index is 6.02. The Bertz CT molecular complexity index is 398. The van der Waals surface area contributed by atoms with E-state index < -0.39 is 0 Å². The lowest BCUT2D eigenvalue weighted by atomic mass is 10.1. The second-order valence-electron chi connectivity index (χ2n) is 4.24. The summed E-state index contributed by atoms with van der Waals surface area (Å²) < 4.78 is 6.02. The van der Waals surface area contributed by atoms with Crippen molar-refractivity contribution in [2.45, 2.75) is 26.1 Å². The topological polar surface area (TPSA) is 9.23 Å². The van der Waals surface area contributed by atoms with E-state index in [2.05, 4.69) is 38.1 Å². The van der Waals surface area contributed by atoms with Crippen LogP contribution in [0.15, 0.2) is 60.7 Å². The second kappa shape index (κ2) is 7.31. The summed E-state index contributed by atoms with van der Waals surface area (Å²) in [4.78, 5) is 0. The van der Waals surface area contributed by atoms with Crippen molar-refractivity contribution in [1.82, 2.24) is 0 Å². The molecule has 0 heterocycles. The Morgan fingerprint density at radius 1 is 0.667 bits per heavy atom. The fraction of sp³-hybridized carbons (Fsp3) is 0.250. The van der Waals surface area contributed by atoms with Crippen LogP contribution in [0.3, 0.4) is 0 Å². The normalized spacial score (nSPS) is 13.4. The molecule has 2 aromatic rings. The van der Waals surface area contributed by atoms with Crippen LogP contribution in [0.5, 0.6) is 0 Å². The largest absolute Gasteiger partial charge is 0.366 e.